The molecule has 23 heavy (non-hydrogen) atoms. The number of hydrogen-bond acceptors (Lipinski definition) is 1. The minimum Gasteiger partial charge on any atom is -0.354 e. The standard InChI is InChI=1S/C20H24N3/c1(3-13-22-15-5-6-16-22)2-4-14-23-17-9-20(10-18-23)19-7-11-21-12-8-19/h5-12,15-18H,1-4,13-14H2/q+1. The zero-order valence-electron chi connectivity index (χ0n) is 13.5. The van der Waals surface area contributed by atoms with E-state index >= 15 is 0 Å². The van der Waals surface area contributed by atoms with Gasteiger partial charge in [0.2, 0.25) is 0 Å². The minimum absolute atomic E-state index is 1.10. The first-order valence-electron chi connectivity index (χ1n) is 8.42. The molecule has 3 heteroatoms. The van der Waals surface area contributed by atoms with Crippen molar-refractivity contribution in [1.29, 1.82) is 0 Å². The molecule has 0 atom stereocenters. The molecule has 0 N–H and O–H groups in total. The molecule has 0 aliphatic heterocycles. The van der Waals surface area contributed by atoms with E-state index in [1.54, 1.807) is 0 Å². The molecule has 3 nitrogen and oxygen atoms in total. The molecule has 0 aliphatic carbocycles. The van der Waals surface area contributed by atoms with Crippen molar-refractivity contribution in [2.75, 3.05) is 0 Å². The Morgan fingerprint density at radius 2 is 1.43 bits per heavy atom. The highest BCUT2D eigenvalue weighted by Crippen LogP contribution is 2.15. The van der Waals surface area contributed by atoms with Gasteiger partial charge in [-0.2, -0.15) is 0 Å². The summed E-state index contributed by atoms with van der Waals surface area (Å²) in [6.07, 6.45) is 17.4. The van der Waals surface area contributed by atoms with Gasteiger partial charge in [0.05, 0.1) is 0 Å². The van der Waals surface area contributed by atoms with Crippen LogP contribution in [0.15, 0.2) is 73.6 Å². The van der Waals surface area contributed by atoms with Crippen molar-refractivity contribution in [3.63, 3.8) is 0 Å². The number of pyridine rings is 2. The van der Waals surface area contributed by atoms with Crippen LogP contribution in [0.2, 0.25) is 0 Å². The molecule has 3 aromatic heterocycles. The Labute approximate surface area is 138 Å². The van der Waals surface area contributed by atoms with Crippen molar-refractivity contribution in [1.82, 2.24) is 9.55 Å². The maximum atomic E-state index is 4.06. The highest BCUT2D eigenvalue weighted by atomic mass is 14.9. The van der Waals surface area contributed by atoms with E-state index in [4.69, 9.17) is 0 Å². The molecule has 3 heterocycles. The van der Waals surface area contributed by atoms with Crippen LogP contribution in [-0.4, -0.2) is 9.55 Å². The van der Waals surface area contributed by atoms with E-state index < -0.39 is 0 Å². The van der Waals surface area contributed by atoms with E-state index in [2.05, 4.69) is 63.2 Å². The molecule has 0 unspecified atom stereocenters. The Kier molecular flexibility index (Phi) is 5.57. The SMILES string of the molecule is c1ccn(CCCCCC[n+]2ccc(-c3ccncc3)cc2)c1. The lowest BCUT2D eigenvalue weighted by Gasteiger charge is -2.03. The Morgan fingerprint density at radius 3 is 2.17 bits per heavy atom. The number of rotatable bonds is 8. The van der Waals surface area contributed by atoms with Gasteiger partial charge in [-0.3, -0.25) is 4.98 Å². The summed E-state index contributed by atoms with van der Waals surface area (Å²) in [6.45, 7) is 2.24. The maximum Gasteiger partial charge on any atom is 0.169 e. The second-order valence-corrected chi connectivity index (χ2v) is 5.90. The van der Waals surface area contributed by atoms with Crippen molar-refractivity contribution >= 4 is 0 Å². The fourth-order valence-electron chi connectivity index (χ4n) is 2.80. The topological polar surface area (TPSA) is 21.7 Å². The third-order valence-electron chi connectivity index (χ3n) is 4.15. The Hall–Kier alpha value is -2.42. The van der Waals surface area contributed by atoms with Crippen LogP contribution in [0.5, 0.6) is 0 Å². The molecule has 0 aliphatic rings. The zero-order valence-corrected chi connectivity index (χ0v) is 13.5. The average Bonchev–Trinajstić information content (AvgIpc) is 3.13. The predicted molar refractivity (Wildman–Crippen MR) is 92.8 cm³/mol. The number of nitrogens with zero attached hydrogens (tertiary/aromatic N) is 3. The molecule has 0 saturated heterocycles. The Bertz CT molecular complexity index is 673. The number of aryl methyl sites for hydroxylation is 2. The van der Waals surface area contributed by atoms with Crippen LogP contribution in [-0.2, 0) is 13.1 Å². The van der Waals surface area contributed by atoms with Gasteiger partial charge in [-0.05, 0) is 48.2 Å². The second kappa shape index (κ2) is 8.28. The summed E-state index contributed by atoms with van der Waals surface area (Å²) < 4.78 is 4.53. The lowest BCUT2D eigenvalue weighted by Crippen LogP contribution is -2.32. The number of hydrogen-bond donors (Lipinski definition) is 0. The first kappa shape index (κ1) is 15.5. The van der Waals surface area contributed by atoms with Gasteiger partial charge in [0.25, 0.3) is 0 Å². The van der Waals surface area contributed by atoms with Crippen LogP contribution in [0.4, 0.5) is 0 Å². The Morgan fingerprint density at radius 1 is 0.783 bits per heavy atom. The third kappa shape index (κ3) is 4.78. The molecular formula is C20H24N3+. The van der Waals surface area contributed by atoms with Crippen molar-refractivity contribution in [3.8, 4) is 11.1 Å². The highest BCUT2D eigenvalue weighted by molar-refractivity contribution is 5.61. The number of unbranched alkanes of at least 4 members (excludes halogenated alkanes) is 3. The van der Waals surface area contributed by atoms with Gasteiger partial charge >= 0.3 is 0 Å². The molecule has 0 radical (unpaired) electrons. The summed E-state index contributed by atoms with van der Waals surface area (Å²) in [5, 5.41) is 0. The lowest BCUT2D eigenvalue weighted by atomic mass is 10.1. The second-order valence-electron chi connectivity index (χ2n) is 5.90. The summed E-state index contributed by atoms with van der Waals surface area (Å²) in [5.41, 5.74) is 2.47. The Balaban J connectivity index is 1.37. The van der Waals surface area contributed by atoms with Crippen LogP contribution in [0.1, 0.15) is 25.7 Å². The van der Waals surface area contributed by atoms with Gasteiger partial charge in [-0.15, -0.1) is 0 Å². The fraction of sp³-hybridized carbons (Fsp3) is 0.300. The average molecular weight is 306 g/mol. The quantitative estimate of drug-likeness (QED) is 0.453. The summed E-state index contributed by atoms with van der Waals surface area (Å²) in [7, 11) is 0. The van der Waals surface area contributed by atoms with Gasteiger partial charge in [0, 0.05) is 49.9 Å². The van der Waals surface area contributed by atoms with E-state index in [-0.39, 0.29) is 0 Å². The maximum absolute atomic E-state index is 4.06. The summed E-state index contributed by atoms with van der Waals surface area (Å²) in [5.74, 6) is 0. The van der Waals surface area contributed by atoms with E-state index in [1.165, 1.54) is 36.8 Å². The molecule has 0 fully saturated rings. The largest absolute Gasteiger partial charge is 0.354 e. The van der Waals surface area contributed by atoms with Crippen molar-refractivity contribution in [2.24, 2.45) is 0 Å². The van der Waals surface area contributed by atoms with E-state index in [9.17, 15) is 0 Å². The molecule has 0 bridgehead atoms. The van der Waals surface area contributed by atoms with Crippen LogP contribution in [0.25, 0.3) is 11.1 Å². The van der Waals surface area contributed by atoms with Crippen molar-refractivity contribution in [2.45, 2.75) is 38.8 Å². The molecular weight excluding hydrogens is 282 g/mol. The molecule has 3 rings (SSSR count). The smallest absolute Gasteiger partial charge is 0.169 e. The van der Waals surface area contributed by atoms with Gasteiger partial charge in [-0.1, -0.05) is 6.42 Å². The molecule has 3 aromatic rings. The summed E-state index contributed by atoms with van der Waals surface area (Å²) in [6, 6.07) is 12.6. The normalized spacial score (nSPS) is 10.8. The number of aromatic nitrogens is 3. The zero-order chi connectivity index (χ0) is 15.7. The fourth-order valence-corrected chi connectivity index (χ4v) is 2.80. The molecule has 118 valence electrons. The van der Waals surface area contributed by atoms with Crippen LogP contribution in [0, 0.1) is 0 Å². The summed E-state index contributed by atoms with van der Waals surface area (Å²) in [4.78, 5) is 4.06. The minimum atomic E-state index is 1.10. The molecule has 0 spiro atoms. The first-order valence-corrected chi connectivity index (χ1v) is 8.42. The van der Waals surface area contributed by atoms with Crippen LogP contribution < -0.4 is 4.57 Å². The van der Waals surface area contributed by atoms with Gasteiger partial charge in [-0.25, -0.2) is 4.57 Å². The van der Waals surface area contributed by atoms with Crippen LogP contribution >= 0.6 is 0 Å². The van der Waals surface area contributed by atoms with Crippen molar-refractivity contribution in [3.05, 3.63) is 73.6 Å². The third-order valence-corrected chi connectivity index (χ3v) is 4.15. The van der Waals surface area contributed by atoms with Gasteiger partial charge in [0.15, 0.2) is 12.4 Å². The summed E-state index contributed by atoms with van der Waals surface area (Å²) >= 11 is 0. The van der Waals surface area contributed by atoms with E-state index in [1.807, 2.05) is 24.5 Å². The molecule has 0 amide bonds. The van der Waals surface area contributed by atoms with E-state index in [0.29, 0.717) is 0 Å². The van der Waals surface area contributed by atoms with Crippen molar-refractivity contribution < 1.29 is 4.57 Å². The first-order chi connectivity index (χ1) is 11.4. The molecule has 0 saturated carbocycles. The predicted octanol–water partition coefficient (Wildman–Crippen LogP) is 4.10. The van der Waals surface area contributed by atoms with Gasteiger partial charge in [0.1, 0.15) is 6.54 Å². The van der Waals surface area contributed by atoms with E-state index in [0.717, 1.165) is 13.1 Å². The highest BCUT2D eigenvalue weighted by Gasteiger charge is 2.02. The monoisotopic (exact) mass is 306 g/mol. The lowest BCUT2D eigenvalue weighted by molar-refractivity contribution is -0.697. The van der Waals surface area contributed by atoms with Gasteiger partial charge < -0.3 is 4.57 Å². The molecule has 0 aromatic carbocycles. The van der Waals surface area contributed by atoms with Crippen LogP contribution in [0.3, 0.4) is 0 Å².